The molecule has 1 saturated carbocycles. The molecule has 0 radical (unpaired) electrons. The molecular weight excluding hydrogens is 248 g/mol. The van der Waals surface area contributed by atoms with Gasteiger partial charge in [0.05, 0.1) is 0 Å². The predicted octanol–water partition coefficient (Wildman–Crippen LogP) is 3.04. The van der Waals surface area contributed by atoms with Crippen LogP contribution in [0.25, 0.3) is 0 Å². The Morgan fingerprint density at radius 3 is 2.20 bits per heavy atom. The second kappa shape index (κ2) is 5.96. The highest BCUT2D eigenvalue weighted by molar-refractivity contribution is 5.81. The zero-order chi connectivity index (χ0) is 14.8. The lowest BCUT2D eigenvalue weighted by atomic mass is 9.86. The minimum Gasteiger partial charge on any atom is -0.368 e. The number of amides is 1. The van der Waals surface area contributed by atoms with Crippen molar-refractivity contribution in [3.8, 4) is 0 Å². The number of carbonyl (C=O) groups excluding carboxylic acids is 1. The highest BCUT2D eigenvalue weighted by Crippen LogP contribution is 2.25. The van der Waals surface area contributed by atoms with Gasteiger partial charge >= 0.3 is 0 Å². The summed E-state index contributed by atoms with van der Waals surface area (Å²) in [5.41, 5.74) is 7.93. The Kier molecular flexibility index (Phi) is 4.48. The SMILES string of the molecule is CC(C)(C)c1ccc(C(NC2CCCC2)C(N)=O)cc1. The molecule has 0 aliphatic heterocycles. The van der Waals surface area contributed by atoms with Crippen molar-refractivity contribution in [2.24, 2.45) is 5.73 Å². The Labute approximate surface area is 121 Å². The molecule has 20 heavy (non-hydrogen) atoms. The van der Waals surface area contributed by atoms with E-state index in [2.05, 4.69) is 38.2 Å². The summed E-state index contributed by atoms with van der Waals surface area (Å²) in [5, 5.41) is 3.42. The maximum atomic E-state index is 11.7. The lowest BCUT2D eigenvalue weighted by Gasteiger charge is -2.23. The van der Waals surface area contributed by atoms with Crippen LogP contribution in [0, 0.1) is 0 Å². The van der Waals surface area contributed by atoms with E-state index in [0.717, 1.165) is 18.4 Å². The van der Waals surface area contributed by atoms with Crippen LogP contribution in [0.5, 0.6) is 0 Å². The van der Waals surface area contributed by atoms with Crippen molar-refractivity contribution in [2.75, 3.05) is 0 Å². The molecule has 1 atom stereocenters. The number of nitrogens with one attached hydrogen (secondary N) is 1. The van der Waals surface area contributed by atoms with Gasteiger partial charge in [-0.2, -0.15) is 0 Å². The van der Waals surface area contributed by atoms with E-state index in [1.807, 2.05) is 12.1 Å². The van der Waals surface area contributed by atoms with Gasteiger partial charge in [0.15, 0.2) is 0 Å². The summed E-state index contributed by atoms with van der Waals surface area (Å²) >= 11 is 0. The van der Waals surface area contributed by atoms with Crippen LogP contribution in [-0.4, -0.2) is 11.9 Å². The van der Waals surface area contributed by atoms with Gasteiger partial charge in [-0.05, 0) is 29.4 Å². The van der Waals surface area contributed by atoms with Crippen molar-refractivity contribution in [2.45, 2.75) is 64.0 Å². The molecule has 1 amide bonds. The fraction of sp³-hybridized carbons (Fsp3) is 0.588. The van der Waals surface area contributed by atoms with E-state index in [4.69, 9.17) is 5.73 Å². The van der Waals surface area contributed by atoms with Crippen LogP contribution in [0.15, 0.2) is 24.3 Å². The first kappa shape index (κ1) is 15.0. The average Bonchev–Trinajstić information content (AvgIpc) is 2.87. The normalized spacial score (nSPS) is 18.1. The van der Waals surface area contributed by atoms with Crippen molar-refractivity contribution in [3.63, 3.8) is 0 Å². The fourth-order valence-corrected chi connectivity index (χ4v) is 2.85. The molecule has 1 aliphatic carbocycles. The number of nitrogens with two attached hydrogens (primary N) is 1. The van der Waals surface area contributed by atoms with Gasteiger partial charge in [-0.25, -0.2) is 0 Å². The summed E-state index contributed by atoms with van der Waals surface area (Å²) < 4.78 is 0. The van der Waals surface area contributed by atoms with Crippen LogP contribution in [-0.2, 0) is 10.2 Å². The van der Waals surface area contributed by atoms with Gasteiger partial charge in [0.1, 0.15) is 6.04 Å². The van der Waals surface area contributed by atoms with Crippen molar-refractivity contribution < 1.29 is 4.79 Å². The van der Waals surface area contributed by atoms with Crippen LogP contribution in [0.1, 0.15) is 63.6 Å². The molecule has 0 spiro atoms. The van der Waals surface area contributed by atoms with Crippen LogP contribution < -0.4 is 11.1 Å². The molecule has 1 aliphatic rings. The third-order valence-corrected chi connectivity index (χ3v) is 4.15. The van der Waals surface area contributed by atoms with Gasteiger partial charge < -0.3 is 5.73 Å². The molecule has 3 heteroatoms. The van der Waals surface area contributed by atoms with E-state index in [1.54, 1.807) is 0 Å². The Bertz CT molecular complexity index is 453. The van der Waals surface area contributed by atoms with Crippen molar-refractivity contribution in [1.29, 1.82) is 0 Å². The molecule has 3 nitrogen and oxygen atoms in total. The predicted molar refractivity (Wildman–Crippen MR) is 82.5 cm³/mol. The molecule has 1 fully saturated rings. The smallest absolute Gasteiger partial charge is 0.239 e. The molecular formula is C17H26N2O. The maximum absolute atomic E-state index is 11.7. The zero-order valence-electron chi connectivity index (χ0n) is 12.8. The first-order chi connectivity index (χ1) is 9.38. The van der Waals surface area contributed by atoms with Gasteiger partial charge in [0, 0.05) is 6.04 Å². The highest BCUT2D eigenvalue weighted by atomic mass is 16.1. The van der Waals surface area contributed by atoms with Gasteiger partial charge in [-0.3, -0.25) is 10.1 Å². The van der Waals surface area contributed by atoms with Crippen LogP contribution in [0.4, 0.5) is 0 Å². The first-order valence-corrected chi connectivity index (χ1v) is 7.54. The molecule has 0 heterocycles. The van der Waals surface area contributed by atoms with E-state index >= 15 is 0 Å². The van der Waals surface area contributed by atoms with Gasteiger partial charge in [-0.15, -0.1) is 0 Å². The third kappa shape index (κ3) is 3.60. The molecule has 1 aromatic carbocycles. The first-order valence-electron chi connectivity index (χ1n) is 7.54. The molecule has 2 rings (SSSR count). The minimum absolute atomic E-state index is 0.125. The maximum Gasteiger partial charge on any atom is 0.239 e. The number of hydrogen-bond donors (Lipinski definition) is 2. The van der Waals surface area contributed by atoms with Crippen LogP contribution >= 0.6 is 0 Å². The summed E-state index contributed by atoms with van der Waals surface area (Å²) in [4.78, 5) is 11.7. The largest absolute Gasteiger partial charge is 0.368 e. The van der Waals surface area contributed by atoms with Crippen molar-refractivity contribution in [3.05, 3.63) is 35.4 Å². The Morgan fingerprint density at radius 2 is 1.75 bits per heavy atom. The van der Waals surface area contributed by atoms with E-state index in [1.165, 1.54) is 18.4 Å². The van der Waals surface area contributed by atoms with Crippen LogP contribution in [0.3, 0.4) is 0 Å². The Morgan fingerprint density at radius 1 is 1.20 bits per heavy atom. The lowest BCUT2D eigenvalue weighted by molar-refractivity contribution is -0.120. The summed E-state index contributed by atoms with van der Waals surface area (Å²) in [6.07, 6.45) is 4.77. The van der Waals surface area contributed by atoms with Crippen molar-refractivity contribution >= 4 is 5.91 Å². The van der Waals surface area contributed by atoms with Gasteiger partial charge in [0.2, 0.25) is 5.91 Å². The molecule has 1 aromatic rings. The zero-order valence-corrected chi connectivity index (χ0v) is 12.8. The van der Waals surface area contributed by atoms with Gasteiger partial charge in [-0.1, -0.05) is 57.9 Å². The average molecular weight is 274 g/mol. The Hall–Kier alpha value is -1.35. The van der Waals surface area contributed by atoms with Gasteiger partial charge in [0.25, 0.3) is 0 Å². The molecule has 0 aromatic heterocycles. The van der Waals surface area contributed by atoms with E-state index in [0.29, 0.717) is 6.04 Å². The van der Waals surface area contributed by atoms with E-state index < -0.39 is 0 Å². The summed E-state index contributed by atoms with van der Waals surface area (Å²) in [7, 11) is 0. The summed E-state index contributed by atoms with van der Waals surface area (Å²) in [5.74, 6) is -0.291. The standard InChI is InChI=1S/C17H26N2O/c1-17(2,3)13-10-8-12(9-11-13)15(16(18)20)19-14-6-4-5-7-14/h8-11,14-15,19H,4-7H2,1-3H3,(H2,18,20). The fourth-order valence-electron chi connectivity index (χ4n) is 2.85. The topological polar surface area (TPSA) is 55.1 Å². The Balaban J connectivity index is 2.14. The minimum atomic E-state index is -0.368. The molecule has 0 saturated heterocycles. The summed E-state index contributed by atoms with van der Waals surface area (Å²) in [6.45, 7) is 6.55. The van der Waals surface area contributed by atoms with E-state index in [9.17, 15) is 4.79 Å². The number of rotatable bonds is 4. The van der Waals surface area contributed by atoms with E-state index in [-0.39, 0.29) is 17.4 Å². The number of primary amides is 1. The second-order valence-electron chi connectivity index (χ2n) is 6.86. The quantitative estimate of drug-likeness (QED) is 0.886. The molecule has 0 bridgehead atoms. The third-order valence-electron chi connectivity index (χ3n) is 4.15. The summed E-state index contributed by atoms with van der Waals surface area (Å²) in [6, 6.07) is 8.31. The number of carbonyl (C=O) groups is 1. The second-order valence-corrected chi connectivity index (χ2v) is 6.86. The van der Waals surface area contributed by atoms with Crippen molar-refractivity contribution in [1.82, 2.24) is 5.32 Å². The number of hydrogen-bond acceptors (Lipinski definition) is 2. The molecule has 110 valence electrons. The lowest BCUT2D eigenvalue weighted by Crippen LogP contribution is -2.38. The monoisotopic (exact) mass is 274 g/mol. The van der Waals surface area contributed by atoms with Crippen LogP contribution in [0.2, 0.25) is 0 Å². The molecule has 3 N–H and O–H groups in total. The molecule has 1 unspecified atom stereocenters. The highest BCUT2D eigenvalue weighted by Gasteiger charge is 2.24. The number of benzene rings is 1.